The van der Waals surface area contributed by atoms with Crippen molar-refractivity contribution in [2.24, 2.45) is 7.05 Å². The number of ether oxygens (including phenoxy) is 1. The molecule has 8 heteroatoms. The van der Waals surface area contributed by atoms with E-state index in [1.165, 1.54) is 7.11 Å². The molecule has 1 heterocycles. The minimum absolute atomic E-state index is 0.361. The van der Waals surface area contributed by atoms with Gasteiger partial charge in [-0.2, -0.15) is 0 Å². The van der Waals surface area contributed by atoms with Crippen molar-refractivity contribution in [3.05, 3.63) is 29.6 Å². The Morgan fingerprint density at radius 1 is 1.35 bits per heavy atom. The number of rotatable bonds is 5. The molecule has 2 rings (SSSR count). The van der Waals surface area contributed by atoms with Crippen LogP contribution in [0.4, 0.5) is 0 Å². The van der Waals surface area contributed by atoms with Crippen LogP contribution in [-0.4, -0.2) is 39.0 Å². The van der Waals surface area contributed by atoms with E-state index in [1.54, 1.807) is 23.9 Å². The van der Waals surface area contributed by atoms with Crippen molar-refractivity contribution in [2.45, 2.75) is 17.8 Å². The third kappa shape index (κ3) is 3.14. The highest BCUT2D eigenvalue weighted by molar-refractivity contribution is 7.98. The zero-order valence-electron chi connectivity index (χ0n) is 11.6. The maximum absolute atomic E-state index is 9.34. The van der Waals surface area contributed by atoms with Crippen LogP contribution in [0.3, 0.4) is 0 Å². The van der Waals surface area contributed by atoms with Gasteiger partial charge in [-0.05, 0) is 18.6 Å². The highest BCUT2D eigenvalue weighted by atomic mass is 32.2. The lowest BCUT2D eigenvalue weighted by molar-refractivity contribution is 0.403. The Balaban J connectivity index is 2.14. The highest BCUT2D eigenvalue weighted by Gasteiger charge is 2.17. The molecule has 20 heavy (non-hydrogen) atoms. The number of nitrogens with zero attached hydrogens (tertiary/aromatic N) is 3. The van der Waals surface area contributed by atoms with Gasteiger partial charge in [-0.15, -0.1) is 10.2 Å². The molecule has 106 valence electrons. The Labute approximate surface area is 121 Å². The van der Waals surface area contributed by atoms with Gasteiger partial charge in [-0.25, -0.2) is 0 Å². The van der Waals surface area contributed by atoms with Gasteiger partial charge in [0.2, 0.25) is 0 Å². The average Bonchev–Trinajstić information content (AvgIpc) is 2.76. The van der Waals surface area contributed by atoms with Gasteiger partial charge >= 0.3 is 7.12 Å². The van der Waals surface area contributed by atoms with E-state index >= 15 is 0 Å². The normalized spacial score (nSPS) is 10.7. The number of benzene rings is 1. The summed E-state index contributed by atoms with van der Waals surface area (Å²) in [6.07, 6.45) is 0. The number of hydrogen-bond donors (Lipinski definition) is 2. The molecule has 0 fully saturated rings. The van der Waals surface area contributed by atoms with E-state index in [0.29, 0.717) is 17.0 Å². The van der Waals surface area contributed by atoms with Gasteiger partial charge in [0.25, 0.3) is 0 Å². The number of aromatic nitrogens is 3. The van der Waals surface area contributed by atoms with Crippen LogP contribution in [0.2, 0.25) is 0 Å². The Bertz CT molecular complexity index is 604. The van der Waals surface area contributed by atoms with Gasteiger partial charge in [0.15, 0.2) is 5.16 Å². The van der Waals surface area contributed by atoms with Gasteiger partial charge in [0.1, 0.15) is 11.6 Å². The first-order chi connectivity index (χ1) is 9.52. The first kappa shape index (κ1) is 14.9. The fourth-order valence-electron chi connectivity index (χ4n) is 1.74. The predicted molar refractivity (Wildman–Crippen MR) is 78.1 cm³/mol. The van der Waals surface area contributed by atoms with Crippen LogP contribution in [0, 0.1) is 6.92 Å². The Hall–Kier alpha value is -1.51. The quantitative estimate of drug-likeness (QED) is 0.601. The van der Waals surface area contributed by atoms with E-state index in [0.717, 1.165) is 16.5 Å². The van der Waals surface area contributed by atoms with E-state index in [2.05, 4.69) is 10.2 Å². The van der Waals surface area contributed by atoms with E-state index in [4.69, 9.17) is 4.74 Å². The molecular weight excluding hydrogens is 277 g/mol. The SMILES string of the molecule is COc1ccc(CSc2nnc(C)n2C)cc1B(O)O. The maximum Gasteiger partial charge on any atom is 0.492 e. The molecule has 0 spiro atoms. The number of methoxy groups -OCH3 is 1. The van der Waals surface area contributed by atoms with Crippen molar-refractivity contribution in [2.75, 3.05) is 7.11 Å². The summed E-state index contributed by atoms with van der Waals surface area (Å²) < 4.78 is 7.01. The summed E-state index contributed by atoms with van der Waals surface area (Å²) in [5, 5.41) is 27.6. The molecule has 2 N–H and O–H groups in total. The lowest BCUT2D eigenvalue weighted by Crippen LogP contribution is -2.31. The molecule has 0 aliphatic carbocycles. The molecular formula is C12H16BN3O3S. The standard InChI is InChI=1S/C12H16BN3O3S/c1-8-14-15-12(16(8)2)20-7-9-4-5-11(19-3)10(6-9)13(17)18/h4-6,17-18H,7H2,1-3H3. The average molecular weight is 293 g/mol. The number of thioether (sulfide) groups is 1. The summed E-state index contributed by atoms with van der Waals surface area (Å²) in [7, 11) is 1.86. The Morgan fingerprint density at radius 2 is 2.10 bits per heavy atom. The van der Waals surface area contributed by atoms with Gasteiger partial charge in [-0.1, -0.05) is 23.9 Å². The molecule has 1 aromatic carbocycles. The zero-order chi connectivity index (χ0) is 14.7. The number of hydrogen-bond acceptors (Lipinski definition) is 6. The van der Waals surface area contributed by atoms with Gasteiger partial charge in [-0.3, -0.25) is 0 Å². The molecule has 0 radical (unpaired) electrons. The van der Waals surface area contributed by atoms with Crippen LogP contribution in [0.15, 0.2) is 23.4 Å². The molecule has 1 aromatic heterocycles. The second-order valence-electron chi connectivity index (χ2n) is 4.33. The Morgan fingerprint density at radius 3 is 2.65 bits per heavy atom. The third-order valence-corrected chi connectivity index (χ3v) is 4.08. The van der Waals surface area contributed by atoms with E-state index < -0.39 is 7.12 Å². The third-order valence-electron chi connectivity index (χ3n) is 2.99. The lowest BCUT2D eigenvalue weighted by Gasteiger charge is -2.10. The van der Waals surface area contributed by atoms with Crippen LogP contribution in [0.1, 0.15) is 11.4 Å². The van der Waals surface area contributed by atoms with Gasteiger partial charge in [0, 0.05) is 18.3 Å². The van der Waals surface area contributed by atoms with Crippen LogP contribution in [0.5, 0.6) is 5.75 Å². The second kappa shape index (κ2) is 6.30. The summed E-state index contributed by atoms with van der Waals surface area (Å²) in [6.45, 7) is 1.89. The molecule has 0 aliphatic rings. The summed E-state index contributed by atoms with van der Waals surface area (Å²) in [5.74, 6) is 1.98. The molecule has 2 aromatic rings. The van der Waals surface area contributed by atoms with Crippen LogP contribution < -0.4 is 10.2 Å². The first-order valence-corrected chi connectivity index (χ1v) is 7.03. The molecule has 0 bridgehead atoms. The predicted octanol–water partition coefficient (Wildman–Crippen LogP) is 0.104. The van der Waals surface area contributed by atoms with Crippen LogP contribution in [0.25, 0.3) is 0 Å². The first-order valence-electron chi connectivity index (χ1n) is 6.04. The minimum Gasteiger partial charge on any atom is -0.497 e. The van der Waals surface area contributed by atoms with Crippen molar-refractivity contribution in [3.63, 3.8) is 0 Å². The Kier molecular flexibility index (Phi) is 4.69. The highest BCUT2D eigenvalue weighted by Crippen LogP contribution is 2.21. The molecule has 6 nitrogen and oxygen atoms in total. The van der Waals surface area contributed by atoms with Crippen molar-refractivity contribution in [3.8, 4) is 5.75 Å². The summed E-state index contributed by atoms with van der Waals surface area (Å²) >= 11 is 1.54. The summed E-state index contributed by atoms with van der Waals surface area (Å²) in [5.41, 5.74) is 1.32. The van der Waals surface area contributed by atoms with Crippen molar-refractivity contribution < 1.29 is 14.8 Å². The molecule has 0 saturated heterocycles. The smallest absolute Gasteiger partial charge is 0.492 e. The molecule has 0 amide bonds. The minimum atomic E-state index is -1.55. The number of aryl methyl sites for hydroxylation is 1. The fraction of sp³-hybridized carbons (Fsp3) is 0.333. The second-order valence-corrected chi connectivity index (χ2v) is 5.27. The van der Waals surface area contributed by atoms with E-state index in [9.17, 15) is 10.0 Å². The van der Waals surface area contributed by atoms with Crippen LogP contribution >= 0.6 is 11.8 Å². The molecule has 0 atom stereocenters. The lowest BCUT2D eigenvalue weighted by atomic mass is 9.79. The van der Waals surface area contributed by atoms with E-state index in [1.807, 2.05) is 24.6 Å². The largest absolute Gasteiger partial charge is 0.497 e. The van der Waals surface area contributed by atoms with Crippen molar-refractivity contribution in [1.82, 2.24) is 14.8 Å². The summed E-state index contributed by atoms with van der Waals surface area (Å²) in [4.78, 5) is 0. The van der Waals surface area contributed by atoms with Crippen molar-refractivity contribution >= 4 is 24.3 Å². The summed E-state index contributed by atoms with van der Waals surface area (Å²) in [6, 6.07) is 5.34. The fourth-order valence-corrected chi connectivity index (χ4v) is 2.64. The van der Waals surface area contributed by atoms with Crippen LogP contribution in [-0.2, 0) is 12.8 Å². The van der Waals surface area contributed by atoms with Gasteiger partial charge < -0.3 is 19.4 Å². The molecule has 0 unspecified atom stereocenters. The van der Waals surface area contributed by atoms with E-state index in [-0.39, 0.29) is 0 Å². The monoisotopic (exact) mass is 293 g/mol. The molecule has 0 saturated carbocycles. The van der Waals surface area contributed by atoms with Crippen molar-refractivity contribution in [1.29, 1.82) is 0 Å². The topological polar surface area (TPSA) is 80.4 Å². The molecule has 0 aliphatic heterocycles. The van der Waals surface area contributed by atoms with Gasteiger partial charge in [0.05, 0.1) is 7.11 Å². The maximum atomic E-state index is 9.34. The zero-order valence-corrected chi connectivity index (χ0v) is 12.4.